The molecule has 0 unspecified atom stereocenters. The first-order valence-electron chi connectivity index (χ1n) is 11.9. The number of rotatable bonds is 10. The van der Waals surface area contributed by atoms with E-state index in [-0.39, 0.29) is 24.4 Å². The number of amides is 4. The molecule has 0 saturated carbocycles. The summed E-state index contributed by atoms with van der Waals surface area (Å²) in [5.74, 6) is -0.207. The fraction of sp³-hybridized carbons (Fsp3) is 0.625. The van der Waals surface area contributed by atoms with E-state index in [9.17, 15) is 14.4 Å². The SMILES string of the molecule is CCCCNC(=O)N1CCC2(CC1)C(=O)N(CC(=O)NCCCOC)CN2c1ccccc1. The van der Waals surface area contributed by atoms with Crippen LogP contribution in [0.4, 0.5) is 10.5 Å². The smallest absolute Gasteiger partial charge is 0.317 e. The summed E-state index contributed by atoms with van der Waals surface area (Å²) in [5.41, 5.74) is 0.215. The van der Waals surface area contributed by atoms with Crippen LogP contribution in [-0.2, 0) is 14.3 Å². The molecule has 1 aromatic rings. The lowest BCUT2D eigenvalue weighted by molar-refractivity contribution is -0.137. The third kappa shape index (κ3) is 5.96. The van der Waals surface area contributed by atoms with Crippen molar-refractivity contribution >= 4 is 23.5 Å². The van der Waals surface area contributed by atoms with Crippen molar-refractivity contribution in [2.75, 3.05) is 58.0 Å². The Bertz CT molecular complexity index is 795. The van der Waals surface area contributed by atoms with E-state index < -0.39 is 5.54 Å². The highest BCUT2D eigenvalue weighted by molar-refractivity contribution is 5.96. The van der Waals surface area contributed by atoms with E-state index in [2.05, 4.69) is 22.5 Å². The molecule has 0 aromatic heterocycles. The molecule has 3 rings (SSSR count). The molecule has 1 spiro atoms. The van der Waals surface area contributed by atoms with Crippen LogP contribution in [0.2, 0.25) is 0 Å². The maximum atomic E-state index is 13.6. The second kappa shape index (κ2) is 11.9. The molecule has 182 valence electrons. The summed E-state index contributed by atoms with van der Waals surface area (Å²) in [6.07, 6.45) is 3.78. The van der Waals surface area contributed by atoms with Crippen LogP contribution >= 0.6 is 0 Å². The summed E-state index contributed by atoms with van der Waals surface area (Å²) in [6.45, 7) is 5.25. The number of urea groups is 1. The Hall–Kier alpha value is -2.81. The molecule has 33 heavy (non-hydrogen) atoms. The van der Waals surface area contributed by atoms with Crippen molar-refractivity contribution in [2.45, 2.75) is 44.6 Å². The topological polar surface area (TPSA) is 94.2 Å². The number of carbonyl (C=O) groups excluding carboxylic acids is 3. The van der Waals surface area contributed by atoms with E-state index in [1.165, 1.54) is 0 Å². The minimum atomic E-state index is -0.738. The lowest BCUT2D eigenvalue weighted by Gasteiger charge is -2.43. The molecule has 0 bridgehead atoms. The summed E-state index contributed by atoms with van der Waals surface area (Å²) < 4.78 is 5.01. The van der Waals surface area contributed by atoms with E-state index in [1.54, 1.807) is 16.9 Å². The van der Waals surface area contributed by atoms with Crippen LogP contribution in [0.15, 0.2) is 30.3 Å². The third-order valence-electron chi connectivity index (χ3n) is 6.45. The van der Waals surface area contributed by atoms with Crippen molar-refractivity contribution in [1.82, 2.24) is 20.4 Å². The summed E-state index contributed by atoms with van der Waals surface area (Å²) in [7, 11) is 1.63. The van der Waals surface area contributed by atoms with Gasteiger partial charge in [0.1, 0.15) is 12.1 Å². The molecule has 9 heteroatoms. The van der Waals surface area contributed by atoms with Crippen molar-refractivity contribution in [3.63, 3.8) is 0 Å². The van der Waals surface area contributed by atoms with Crippen LogP contribution in [0.5, 0.6) is 0 Å². The molecule has 2 saturated heterocycles. The first kappa shape index (κ1) is 24.8. The summed E-state index contributed by atoms with van der Waals surface area (Å²) in [4.78, 5) is 44.1. The number of anilines is 1. The first-order valence-corrected chi connectivity index (χ1v) is 11.9. The van der Waals surface area contributed by atoms with Crippen molar-refractivity contribution in [3.05, 3.63) is 30.3 Å². The number of methoxy groups -OCH3 is 1. The Morgan fingerprint density at radius 1 is 1.06 bits per heavy atom. The second-order valence-corrected chi connectivity index (χ2v) is 8.71. The zero-order chi connectivity index (χ0) is 23.7. The molecule has 2 aliphatic rings. The van der Waals surface area contributed by atoms with E-state index in [0.29, 0.717) is 52.3 Å². The summed E-state index contributed by atoms with van der Waals surface area (Å²) in [6, 6.07) is 9.77. The van der Waals surface area contributed by atoms with Crippen LogP contribution in [0, 0.1) is 0 Å². The highest BCUT2D eigenvalue weighted by atomic mass is 16.5. The Morgan fingerprint density at radius 2 is 1.76 bits per heavy atom. The predicted octanol–water partition coefficient (Wildman–Crippen LogP) is 1.79. The average Bonchev–Trinajstić information content (AvgIpc) is 3.09. The number of carbonyl (C=O) groups is 3. The number of hydrogen-bond donors (Lipinski definition) is 2. The average molecular weight is 460 g/mol. The van der Waals surface area contributed by atoms with Crippen molar-refractivity contribution in [1.29, 1.82) is 0 Å². The van der Waals surface area contributed by atoms with Crippen LogP contribution in [-0.4, -0.2) is 86.3 Å². The zero-order valence-electron chi connectivity index (χ0n) is 19.8. The van der Waals surface area contributed by atoms with E-state index >= 15 is 0 Å². The molecule has 0 radical (unpaired) electrons. The molecule has 2 fully saturated rings. The molecule has 1 aromatic carbocycles. The number of nitrogens with one attached hydrogen (secondary N) is 2. The molecule has 0 aliphatic carbocycles. The van der Waals surface area contributed by atoms with Crippen molar-refractivity contribution < 1.29 is 19.1 Å². The highest BCUT2D eigenvalue weighted by Gasteiger charge is 2.54. The second-order valence-electron chi connectivity index (χ2n) is 8.71. The van der Waals surface area contributed by atoms with Crippen molar-refractivity contribution in [2.24, 2.45) is 0 Å². The molecule has 4 amide bonds. The number of hydrogen-bond acceptors (Lipinski definition) is 5. The first-order chi connectivity index (χ1) is 16.0. The number of unbranched alkanes of at least 4 members (excludes halogenated alkanes) is 1. The number of ether oxygens (including phenoxy) is 1. The van der Waals surface area contributed by atoms with Crippen molar-refractivity contribution in [3.8, 4) is 0 Å². The van der Waals surface area contributed by atoms with Gasteiger partial charge in [-0.15, -0.1) is 0 Å². The number of benzene rings is 1. The maximum absolute atomic E-state index is 13.6. The van der Waals surface area contributed by atoms with Gasteiger partial charge in [-0.1, -0.05) is 31.5 Å². The van der Waals surface area contributed by atoms with Gasteiger partial charge in [-0.05, 0) is 37.8 Å². The number of piperidine rings is 1. The standard InChI is InChI=1S/C24H37N5O4/c1-3-4-13-26-23(32)27-15-11-24(12-16-27)22(31)28(18-21(30)25-14-8-17-33-2)19-29(24)20-9-6-5-7-10-20/h5-7,9-10H,3-4,8,11-19H2,1-2H3,(H,25,30)(H,26,32). The van der Waals surface area contributed by atoms with Gasteiger partial charge < -0.3 is 30.1 Å². The molecular formula is C24H37N5O4. The van der Waals surface area contributed by atoms with Gasteiger partial charge in [-0.3, -0.25) is 9.59 Å². The fourth-order valence-corrected chi connectivity index (χ4v) is 4.56. The zero-order valence-corrected chi connectivity index (χ0v) is 19.8. The Labute approximate surface area is 196 Å². The summed E-state index contributed by atoms with van der Waals surface area (Å²) >= 11 is 0. The van der Waals surface area contributed by atoms with E-state index in [4.69, 9.17) is 4.74 Å². The van der Waals surface area contributed by atoms with Crippen LogP contribution in [0.1, 0.15) is 39.0 Å². The molecule has 2 aliphatic heterocycles. The normalized spacial score (nSPS) is 17.5. The molecular weight excluding hydrogens is 422 g/mol. The number of nitrogens with zero attached hydrogens (tertiary/aromatic N) is 3. The van der Waals surface area contributed by atoms with Gasteiger partial charge in [0, 0.05) is 45.6 Å². The van der Waals surface area contributed by atoms with E-state index in [0.717, 1.165) is 24.9 Å². The fourth-order valence-electron chi connectivity index (χ4n) is 4.56. The van der Waals surface area contributed by atoms with Gasteiger partial charge in [0.05, 0.1) is 6.67 Å². The Kier molecular flexibility index (Phi) is 8.94. The molecule has 2 heterocycles. The maximum Gasteiger partial charge on any atom is 0.317 e. The summed E-state index contributed by atoms with van der Waals surface area (Å²) in [5, 5.41) is 5.83. The molecule has 2 N–H and O–H groups in total. The van der Waals surface area contributed by atoms with Gasteiger partial charge in [0.2, 0.25) is 5.91 Å². The highest BCUT2D eigenvalue weighted by Crippen LogP contribution is 2.39. The van der Waals surface area contributed by atoms with Gasteiger partial charge in [0.15, 0.2) is 0 Å². The monoisotopic (exact) mass is 459 g/mol. The van der Waals surface area contributed by atoms with Gasteiger partial charge in [-0.2, -0.15) is 0 Å². The van der Waals surface area contributed by atoms with E-state index in [1.807, 2.05) is 30.3 Å². The van der Waals surface area contributed by atoms with Gasteiger partial charge in [0.25, 0.3) is 5.91 Å². The number of likely N-dealkylation sites (tertiary alicyclic amines) is 1. The Balaban J connectivity index is 1.68. The van der Waals surface area contributed by atoms with Crippen LogP contribution < -0.4 is 15.5 Å². The largest absolute Gasteiger partial charge is 0.385 e. The molecule has 0 atom stereocenters. The van der Waals surface area contributed by atoms with Crippen LogP contribution in [0.3, 0.4) is 0 Å². The quantitative estimate of drug-likeness (QED) is 0.521. The third-order valence-corrected chi connectivity index (χ3v) is 6.45. The Morgan fingerprint density at radius 3 is 2.42 bits per heavy atom. The van der Waals surface area contributed by atoms with Gasteiger partial charge in [-0.25, -0.2) is 4.79 Å². The lowest BCUT2D eigenvalue weighted by Crippen LogP contribution is -2.58. The number of para-hydroxylation sites is 1. The van der Waals surface area contributed by atoms with Gasteiger partial charge >= 0.3 is 6.03 Å². The minimum absolute atomic E-state index is 0.0259. The predicted molar refractivity (Wildman–Crippen MR) is 127 cm³/mol. The molecule has 9 nitrogen and oxygen atoms in total. The minimum Gasteiger partial charge on any atom is -0.385 e. The van der Waals surface area contributed by atoms with Crippen LogP contribution in [0.25, 0.3) is 0 Å². The lowest BCUT2D eigenvalue weighted by atomic mass is 9.85.